The number of aromatic nitrogens is 2. The van der Waals surface area contributed by atoms with E-state index in [4.69, 9.17) is 11.5 Å². The van der Waals surface area contributed by atoms with E-state index in [0.717, 1.165) is 27.4 Å². The minimum absolute atomic E-state index is 0.0156. The molecule has 0 aliphatic carbocycles. The molecular formula is C40H46N10O6. The van der Waals surface area contributed by atoms with Crippen LogP contribution in [0, 0.1) is 0 Å². The average Bonchev–Trinajstić information content (AvgIpc) is 3.81. The molecule has 16 heteroatoms. The number of nitrogens with two attached hydrogens (primary N) is 2. The van der Waals surface area contributed by atoms with E-state index in [0.29, 0.717) is 24.9 Å². The fourth-order valence-electron chi connectivity index (χ4n) is 6.78. The van der Waals surface area contributed by atoms with Crippen LogP contribution >= 0.6 is 0 Å². The Morgan fingerprint density at radius 1 is 0.643 bits per heavy atom. The summed E-state index contributed by atoms with van der Waals surface area (Å²) in [5, 5.41) is 17.9. The van der Waals surface area contributed by atoms with Gasteiger partial charge in [-0.3, -0.25) is 28.8 Å². The number of amides is 6. The SMILES string of the molecule is NCCCC[C@H]1NC(=O)[C@H](Cc2c[nH]c3ccccc23)NC(=O)CNC(=O)[C@H](Cc2c[nH]c3ccccc23)NC(=O)[C@H](CNC(=O)c2ccccc2N)NC1=O. The van der Waals surface area contributed by atoms with Crippen molar-refractivity contribution < 1.29 is 28.8 Å². The smallest absolute Gasteiger partial charge is 0.253 e. The first-order valence-corrected chi connectivity index (χ1v) is 18.5. The van der Waals surface area contributed by atoms with Gasteiger partial charge in [0.1, 0.15) is 24.2 Å². The molecule has 2 aromatic heterocycles. The largest absolute Gasteiger partial charge is 0.398 e. The van der Waals surface area contributed by atoms with Crippen molar-refractivity contribution in [1.29, 1.82) is 0 Å². The molecule has 1 aliphatic rings. The van der Waals surface area contributed by atoms with Crippen molar-refractivity contribution in [3.8, 4) is 0 Å². The second-order valence-electron chi connectivity index (χ2n) is 13.7. The highest BCUT2D eigenvalue weighted by atomic mass is 16.2. The number of carbonyl (C=O) groups is 6. The van der Waals surface area contributed by atoms with E-state index in [1.54, 1.807) is 30.6 Å². The highest BCUT2D eigenvalue weighted by Gasteiger charge is 2.33. The number of nitrogens with one attached hydrogen (secondary N) is 8. The normalized spacial score (nSPS) is 19.9. The van der Waals surface area contributed by atoms with Crippen LogP contribution in [0.2, 0.25) is 0 Å². The minimum Gasteiger partial charge on any atom is -0.398 e. The van der Waals surface area contributed by atoms with Gasteiger partial charge in [0.25, 0.3) is 5.91 Å². The van der Waals surface area contributed by atoms with Crippen LogP contribution in [0.1, 0.15) is 40.7 Å². The van der Waals surface area contributed by atoms with E-state index >= 15 is 0 Å². The zero-order valence-corrected chi connectivity index (χ0v) is 30.7. The van der Waals surface area contributed by atoms with Gasteiger partial charge in [0.05, 0.1) is 12.1 Å². The molecule has 16 nitrogen and oxygen atoms in total. The van der Waals surface area contributed by atoms with Crippen LogP contribution in [-0.2, 0) is 36.8 Å². The molecule has 3 aromatic carbocycles. The van der Waals surface area contributed by atoms with E-state index in [2.05, 4.69) is 41.9 Å². The third kappa shape index (κ3) is 9.51. The van der Waals surface area contributed by atoms with Gasteiger partial charge in [-0.05, 0) is 61.2 Å². The first-order valence-electron chi connectivity index (χ1n) is 18.5. The van der Waals surface area contributed by atoms with Gasteiger partial charge in [0, 0.05) is 59.3 Å². The van der Waals surface area contributed by atoms with Crippen LogP contribution in [-0.4, -0.2) is 89.2 Å². The monoisotopic (exact) mass is 762 g/mol. The molecule has 1 aliphatic heterocycles. The number of para-hydroxylation sites is 3. The van der Waals surface area contributed by atoms with Gasteiger partial charge in [-0.2, -0.15) is 0 Å². The summed E-state index contributed by atoms with van der Waals surface area (Å²) < 4.78 is 0. The van der Waals surface area contributed by atoms with Gasteiger partial charge in [-0.15, -0.1) is 0 Å². The molecule has 56 heavy (non-hydrogen) atoms. The summed E-state index contributed by atoms with van der Waals surface area (Å²) in [5.74, 6) is -4.08. The summed E-state index contributed by atoms with van der Waals surface area (Å²) in [6.45, 7) is -0.551. The Morgan fingerprint density at radius 3 is 1.82 bits per heavy atom. The maximum absolute atomic E-state index is 14.1. The predicted octanol–water partition coefficient (Wildman–Crippen LogP) is 0.645. The molecule has 0 saturated carbocycles. The van der Waals surface area contributed by atoms with Crippen LogP contribution in [0.15, 0.2) is 85.2 Å². The van der Waals surface area contributed by atoms with Crippen molar-refractivity contribution in [2.45, 2.75) is 56.3 Å². The molecule has 0 bridgehead atoms. The number of anilines is 1. The van der Waals surface area contributed by atoms with E-state index in [-0.39, 0.29) is 30.5 Å². The lowest BCUT2D eigenvalue weighted by Crippen LogP contribution is -2.60. The predicted molar refractivity (Wildman–Crippen MR) is 211 cm³/mol. The van der Waals surface area contributed by atoms with Gasteiger partial charge < -0.3 is 53.3 Å². The Hall–Kier alpha value is -6.68. The molecule has 3 heterocycles. The van der Waals surface area contributed by atoms with Gasteiger partial charge in [-0.1, -0.05) is 48.5 Å². The summed E-state index contributed by atoms with van der Waals surface area (Å²) in [6, 6.07) is 16.4. The number of fused-ring (bicyclic) bond motifs is 2. The molecule has 5 aromatic rings. The van der Waals surface area contributed by atoms with Crippen LogP contribution in [0.3, 0.4) is 0 Å². The molecule has 292 valence electrons. The maximum atomic E-state index is 14.1. The number of unbranched alkanes of at least 4 members (excludes halogenated alkanes) is 1. The molecule has 6 rings (SSSR count). The topological polar surface area (TPSA) is 258 Å². The van der Waals surface area contributed by atoms with E-state index in [9.17, 15) is 28.8 Å². The number of rotatable bonds is 11. The summed E-state index contributed by atoms with van der Waals surface area (Å²) >= 11 is 0. The maximum Gasteiger partial charge on any atom is 0.253 e. The lowest BCUT2D eigenvalue weighted by atomic mass is 10.0. The third-order valence-corrected chi connectivity index (χ3v) is 9.79. The van der Waals surface area contributed by atoms with Crippen molar-refractivity contribution in [2.24, 2.45) is 5.73 Å². The first-order chi connectivity index (χ1) is 27.1. The standard InChI is InChI=1S/C40H46N10O6/c41-16-8-7-15-31-38(54)50-34(21-45-36(52)27-11-1-4-12-28(27)42)40(56)49-32(17-23-19-43-29-13-5-2-9-25(23)29)37(53)46-22-35(51)47-33(39(55)48-31)18-24-20-44-30-14-6-3-10-26(24)30/h1-6,9-14,19-20,31-34,43-44H,7-8,15-18,21-22,41-42H2,(H,45,52)(H,46,53)(H,47,51)(H,48,55)(H,49,56)(H,50,54)/t31-,32+,33+,34+/m1/s1. The van der Waals surface area contributed by atoms with E-state index in [1.807, 2.05) is 48.5 Å². The van der Waals surface area contributed by atoms with Gasteiger partial charge >= 0.3 is 0 Å². The number of benzene rings is 3. The number of aromatic amines is 2. The summed E-state index contributed by atoms with van der Waals surface area (Å²) in [5.41, 5.74) is 15.3. The molecule has 4 atom stereocenters. The Labute approximate surface area is 322 Å². The van der Waals surface area contributed by atoms with Crippen LogP contribution in [0.4, 0.5) is 5.69 Å². The van der Waals surface area contributed by atoms with E-state index in [1.165, 1.54) is 6.07 Å². The quantitative estimate of drug-likeness (QED) is 0.0673. The minimum atomic E-state index is -1.41. The zero-order chi connectivity index (χ0) is 39.6. The van der Waals surface area contributed by atoms with Gasteiger partial charge in [0.15, 0.2) is 0 Å². The third-order valence-electron chi connectivity index (χ3n) is 9.79. The average molecular weight is 763 g/mol. The van der Waals surface area contributed by atoms with Crippen molar-refractivity contribution in [3.05, 3.63) is 102 Å². The van der Waals surface area contributed by atoms with Gasteiger partial charge in [0.2, 0.25) is 29.5 Å². The van der Waals surface area contributed by atoms with E-state index < -0.39 is 72.7 Å². The van der Waals surface area contributed by atoms with Crippen LogP contribution in [0.5, 0.6) is 0 Å². The number of hydrogen-bond donors (Lipinski definition) is 10. The molecule has 0 unspecified atom stereocenters. The van der Waals surface area contributed by atoms with Crippen molar-refractivity contribution in [3.63, 3.8) is 0 Å². The summed E-state index contributed by atoms with van der Waals surface area (Å²) in [7, 11) is 0. The number of hydrogen-bond acceptors (Lipinski definition) is 8. The number of carbonyl (C=O) groups excluding carboxylic acids is 6. The lowest BCUT2D eigenvalue weighted by Gasteiger charge is -2.26. The number of H-pyrrole nitrogens is 2. The fourth-order valence-corrected chi connectivity index (χ4v) is 6.78. The molecular weight excluding hydrogens is 717 g/mol. The molecule has 1 fully saturated rings. The molecule has 0 spiro atoms. The Morgan fingerprint density at radius 2 is 1.18 bits per heavy atom. The first kappa shape index (κ1) is 39.0. The van der Waals surface area contributed by atoms with Gasteiger partial charge in [-0.25, -0.2) is 0 Å². The summed E-state index contributed by atoms with van der Waals surface area (Å²) in [4.78, 5) is 89.0. The zero-order valence-electron chi connectivity index (χ0n) is 30.7. The Bertz CT molecular complexity index is 2230. The number of nitrogen functional groups attached to an aromatic ring is 1. The van der Waals surface area contributed by atoms with Crippen molar-refractivity contribution in [2.75, 3.05) is 25.4 Å². The molecule has 0 radical (unpaired) electrons. The second kappa shape index (κ2) is 18.1. The van der Waals surface area contributed by atoms with Crippen LogP contribution in [0.25, 0.3) is 21.8 Å². The highest BCUT2D eigenvalue weighted by molar-refractivity contribution is 6.01. The second-order valence-corrected chi connectivity index (χ2v) is 13.7. The lowest BCUT2D eigenvalue weighted by molar-refractivity contribution is -0.134. The molecule has 12 N–H and O–H groups in total. The fraction of sp³-hybridized carbons (Fsp3) is 0.300. The molecule has 1 saturated heterocycles. The van der Waals surface area contributed by atoms with Crippen LogP contribution < -0.4 is 43.4 Å². The summed E-state index contributed by atoms with van der Waals surface area (Å²) in [6.07, 6.45) is 4.73. The van der Waals surface area contributed by atoms with Crippen molar-refractivity contribution >= 4 is 62.9 Å². The van der Waals surface area contributed by atoms with Crippen molar-refractivity contribution in [1.82, 2.24) is 41.9 Å². The molecule has 6 amide bonds. The highest BCUT2D eigenvalue weighted by Crippen LogP contribution is 2.21. The Kier molecular flexibility index (Phi) is 12.6. The Balaban J connectivity index is 1.33.